The second-order valence-electron chi connectivity index (χ2n) is 6.73. The van der Waals surface area contributed by atoms with Crippen molar-refractivity contribution in [3.8, 4) is 5.13 Å². The molecule has 2 atom stereocenters. The zero-order chi connectivity index (χ0) is 16.8. The summed E-state index contributed by atoms with van der Waals surface area (Å²) in [6, 6.07) is 3.88. The Hall–Kier alpha value is -2.21. The van der Waals surface area contributed by atoms with Crippen molar-refractivity contribution in [3.63, 3.8) is 0 Å². The fourth-order valence-corrected chi connectivity index (χ4v) is 3.92. The normalized spacial score (nSPS) is 20.9. The summed E-state index contributed by atoms with van der Waals surface area (Å²) in [5.74, 6) is 2.25. The van der Waals surface area contributed by atoms with Crippen LogP contribution in [0.4, 0.5) is 5.82 Å². The van der Waals surface area contributed by atoms with Crippen LogP contribution in [0.3, 0.4) is 0 Å². The molecule has 0 N–H and O–H groups in total. The Morgan fingerprint density at radius 3 is 2.62 bits per heavy atom. The van der Waals surface area contributed by atoms with E-state index in [1.807, 2.05) is 35.2 Å². The molecule has 0 saturated carbocycles. The highest BCUT2D eigenvalue weighted by atomic mass is 32.1. The van der Waals surface area contributed by atoms with Crippen molar-refractivity contribution in [2.75, 3.05) is 18.0 Å². The summed E-state index contributed by atoms with van der Waals surface area (Å²) in [5, 5.41) is 3.41. The van der Waals surface area contributed by atoms with E-state index < -0.39 is 0 Å². The van der Waals surface area contributed by atoms with Gasteiger partial charge in [0, 0.05) is 36.4 Å². The van der Waals surface area contributed by atoms with E-state index in [2.05, 4.69) is 23.7 Å². The maximum atomic E-state index is 12.5. The summed E-state index contributed by atoms with van der Waals surface area (Å²) in [7, 11) is 0. The molecule has 6 heteroatoms. The molecule has 3 aromatic heterocycles. The highest BCUT2D eigenvalue weighted by Crippen LogP contribution is 2.28. The number of aryl methyl sites for hydroxylation is 1. The maximum absolute atomic E-state index is 12.5. The molecule has 4 rings (SSSR count). The summed E-state index contributed by atoms with van der Waals surface area (Å²) in [6.45, 7) is 8.41. The van der Waals surface area contributed by atoms with Crippen LogP contribution in [0.1, 0.15) is 19.4 Å². The highest BCUT2D eigenvalue weighted by molar-refractivity contribution is 7.12. The fourth-order valence-electron chi connectivity index (χ4n) is 3.30. The van der Waals surface area contributed by atoms with E-state index in [0.717, 1.165) is 24.0 Å². The molecule has 1 saturated heterocycles. The van der Waals surface area contributed by atoms with Gasteiger partial charge in [0.15, 0.2) is 16.2 Å². The predicted octanol–water partition coefficient (Wildman–Crippen LogP) is 3.24. The molecular formula is C18H20N4OS. The summed E-state index contributed by atoms with van der Waals surface area (Å²) < 4.78 is 1.93. The standard InChI is InChI=1S/C18H20N4OS/c1-11-8-21(9-12(11)2)15-5-4-14-16(23)13(3)10-22(17(14)20-15)18-19-6-7-24-18/h4-7,10-12H,8-9H2,1-3H3/t11-,12-/m0/s1. The molecule has 0 unspecified atom stereocenters. The van der Waals surface area contributed by atoms with Crippen molar-refractivity contribution in [2.45, 2.75) is 20.8 Å². The number of thiazole rings is 1. The van der Waals surface area contributed by atoms with Crippen LogP contribution in [0.25, 0.3) is 16.2 Å². The molecule has 5 nitrogen and oxygen atoms in total. The van der Waals surface area contributed by atoms with Gasteiger partial charge in [-0.15, -0.1) is 11.3 Å². The summed E-state index contributed by atoms with van der Waals surface area (Å²) in [4.78, 5) is 24.0. The van der Waals surface area contributed by atoms with Gasteiger partial charge >= 0.3 is 0 Å². The van der Waals surface area contributed by atoms with Gasteiger partial charge in [-0.25, -0.2) is 9.97 Å². The van der Waals surface area contributed by atoms with Gasteiger partial charge in [0.1, 0.15) is 5.82 Å². The van der Waals surface area contributed by atoms with E-state index in [1.165, 1.54) is 0 Å². The minimum absolute atomic E-state index is 0.0417. The average molecular weight is 340 g/mol. The van der Waals surface area contributed by atoms with E-state index in [9.17, 15) is 4.79 Å². The number of rotatable bonds is 2. The zero-order valence-corrected chi connectivity index (χ0v) is 14.9. The van der Waals surface area contributed by atoms with Gasteiger partial charge in [-0.2, -0.15) is 0 Å². The summed E-state index contributed by atoms with van der Waals surface area (Å²) in [5.41, 5.74) is 1.43. The average Bonchev–Trinajstić information content (AvgIpc) is 3.21. The van der Waals surface area contributed by atoms with Crippen molar-refractivity contribution in [2.24, 2.45) is 11.8 Å². The number of anilines is 1. The first-order chi connectivity index (χ1) is 11.5. The quantitative estimate of drug-likeness (QED) is 0.719. The van der Waals surface area contributed by atoms with Gasteiger partial charge in [0.2, 0.25) is 0 Å². The Kier molecular flexibility index (Phi) is 3.64. The minimum Gasteiger partial charge on any atom is -0.356 e. The first-order valence-corrected chi connectivity index (χ1v) is 9.10. The molecule has 1 aliphatic rings. The Morgan fingerprint density at radius 1 is 1.21 bits per heavy atom. The maximum Gasteiger partial charge on any atom is 0.195 e. The monoisotopic (exact) mass is 340 g/mol. The molecule has 1 aliphatic heterocycles. The second kappa shape index (κ2) is 5.70. The van der Waals surface area contributed by atoms with Crippen LogP contribution in [0.15, 0.2) is 34.7 Å². The van der Waals surface area contributed by atoms with Gasteiger partial charge < -0.3 is 4.90 Å². The van der Waals surface area contributed by atoms with Gasteiger partial charge in [-0.1, -0.05) is 13.8 Å². The van der Waals surface area contributed by atoms with Gasteiger partial charge in [0.05, 0.1) is 5.39 Å². The third-order valence-corrected chi connectivity index (χ3v) is 5.72. The predicted molar refractivity (Wildman–Crippen MR) is 98.3 cm³/mol. The van der Waals surface area contributed by atoms with E-state index in [0.29, 0.717) is 28.4 Å². The number of aromatic nitrogens is 3. The fraction of sp³-hybridized carbons (Fsp3) is 0.389. The van der Waals surface area contributed by atoms with Crippen LogP contribution in [-0.4, -0.2) is 27.6 Å². The Morgan fingerprint density at radius 2 is 1.96 bits per heavy atom. The van der Waals surface area contributed by atoms with E-state index >= 15 is 0 Å². The molecular weight excluding hydrogens is 320 g/mol. The van der Waals surface area contributed by atoms with Crippen LogP contribution in [0, 0.1) is 18.8 Å². The lowest BCUT2D eigenvalue weighted by Gasteiger charge is -2.18. The van der Waals surface area contributed by atoms with Gasteiger partial charge in [0.25, 0.3) is 0 Å². The van der Waals surface area contributed by atoms with Crippen LogP contribution in [0.2, 0.25) is 0 Å². The molecule has 0 spiro atoms. The Balaban J connectivity index is 1.91. The van der Waals surface area contributed by atoms with Crippen LogP contribution in [0.5, 0.6) is 0 Å². The molecule has 3 aromatic rings. The molecule has 0 bridgehead atoms. The number of hydrogen-bond donors (Lipinski definition) is 0. The van der Waals surface area contributed by atoms with Crippen molar-refractivity contribution in [1.82, 2.24) is 14.5 Å². The smallest absolute Gasteiger partial charge is 0.195 e. The number of fused-ring (bicyclic) bond motifs is 1. The number of pyridine rings is 2. The largest absolute Gasteiger partial charge is 0.356 e. The van der Waals surface area contributed by atoms with Crippen molar-refractivity contribution < 1.29 is 0 Å². The lowest BCUT2D eigenvalue weighted by atomic mass is 10.0. The third-order valence-electron chi connectivity index (χ3n) is 4.95. The van der Waals surface area contributed by atoms with Crippen molar-refractivity contribution in [1.29, 1.82) is 0 Å². The Labute approximate surface area is 144 Å². The minimum atomic E-state index is 0.0417. The highest BCUT2D eigenvalue weighted by Gasteiger charge is 2.27. The number of nitrogens with zero attached hydrogens (tertiary/aromatic N) is 4. The third kappa shape index (κ3) is 2.41. The van der Waals surface area contributed by atoms with E-state index in [1.54, 1.807) is 17.5 Å². The van der Waals surface area contributed by atoms with Crippen LogP contribution < -0.4 is 10.3 Å². The van der Waals surface area contributed by atoms with Crippen LogP contribution >= 0.6 is 11.3 Å². The topological polar surface area (TPSA) is 51.0 Å². The van der Waals surface area contributed by atoms with E-state index in [4.69, 9.17) is 4.98 Å². The molecule has 4 heterocycles. The molecule has 1 fully saturated rings. The lowest BCUT2D eigenvalue weighted by molar-refractivity contribution is 0.494. The summed E-state index contributed by atoms with van der Waals surface area (Å²) in [6.07, 6.45) is 3.61. The van der Waals surface area contributed by atoms with Gasteiger partial charge in [-0.3, -0.25) is 9.36 Å². The molecule has 24 heavy (non-hydrogen) atoms. The molecule has 0 aromatic carbocycles. The SMILES string of the molecule is Cc1cn(-c2nccs2)c2nc(N3C[C@H](C)[C@@H](C)C3)ccc2c1=O. The first-order valence-electron chi connectivity index (χ1n) is 8.22. The second-order valence-corrected chi connectivity index (χ2v) is 7.60. The van der Waals surface area contributed by atoms with Gasteiger partial charge in [-0.05, 0) is 30.9 Å². The Bertz CT molecular complexity index is 938. The molecule has 0 aliphatic carbocycles. The number of hydrogen-bond acceptors (Lipinski definition) is 5. The van der Waals surface area contributed by atoms with Crippen molar-refractivity contribution in [3.05, 3.63) is 45.7 Å². The molecule has 0 radical (unpaired) electrons. The molecule has 124 valence electrons. The lowest BCUT2D eigenvalue weighted by Crippen LogP contribution is -2.22. The zero-order valence-electron chi connectivity index (χ0n) is 14.1. The summed E-state index contributed by atoms with van der Waals surface area (Å²) >= 11 is 1.54. The van der Waals surface area contributed by atoms with Crippen LogP contribution in [-0.2, 0) is 0 Å². The van der Waals surface area contributed by atoms with E-state index in [-0.39, 0.29) is 5.43 Å². The van der Waals surface area contributed by atoms with Crippen molar-refractivity contribution >= 4 is 28.2 Å². The molecule has 0 amide bonds. The first kappa shape index (κ1) is 15.3.